The molecule has 2 amide bonds. The van der Waals surface area contributed by atoms with Crippen LogP contribution in [0.4, 0.5) is 0 Å². The topological polar surface area (TPSA) is 70.2 Å². The summed E-state index contributed by atoms with van der Waals surface area (Å²) in [7, 11) is 1.67. The third-order valence-electron chi connectivity index (χ3n) is 1.44. The van der Waals surface area contributed by atoms with Gasteiger partial charge in [0.25, 0.3) is 0 Å². The summed E-state index contributed by atoms with van der Waals surface area (Å²) in [4.78, 5) is 22.0. The van der Waals surface area contributed by atoms with Crippen molar-refractivity contribution < 1.29 is 9.59 Å². The normalized spacial score (nSPS) is 10.1. The van der Waals surface area contributed by atoms with E-state index in [2.05, 4.69) is 16.0 Å². The van der Waals surface area contributed by atoms with Crippen molar-refractivity contribution in [3.63, 3.8) is 0 Å². The maximum Gasteiger partial charge on any atom is 0.239 e. The van der Waals surface area contributed by atoms with E-state index in [0.717, 1.165) is 0 Å². The van der Waals surface area contributed by atoms with Crippen molar-refractivity contribution in [2.75, 3.05) is 26.7 Å². The first-order chi connectivity index (χ1) is 6.70. The smallest absolute Gasteiger partial charge is 0.239 e. The van der Waals surface area contributed by atoms with Gasteiger partial charge in [0.2, 0.25) is 11.8 Å². The van der Waals surface area contributed by atoms with Crippen molar-refractivity contribution in [1.82, 2.24) is 16.0 Å². The van der Waals surface area contributed by atoms with Gasteiger partial charge in [-0.15, -0.1) is 0 Å². The molecule has 3 N–H and O–H groups in total. The Bertz CT molecular complexity index is 214. The van der Waals surface area contributed by atoms with E-state index in [1.807, 2.05) is 19.1 Å². The first-order valence-corrected chi connectivity index (χ1v) is 4.49. The van der Waals surface area contributed by atoms with Gasteiger partial charge in [-0.3, -0.25) is 9.59 Å². The molecule has 0 fully saturated rings. The first-order valence-electron chi connectivity index (χ1n) is 4.49. The molecule has 0 aromatic heterocycles. The van der Waals surface area contributed by atoms with Crippen LogP contribution in [-0.2, 0) is 9.59 Å². The van der Waals surface area contributed by atoms with Gasteiger partial charge in [0.1, 0.15) is 0 Å². The van der Waals surface area contributed by atoms with Gasteiger partial charge in [-0.2, -0.15) is 0 Å². The molecular weight excluding hydrogens is 182 g/mol. The Morgan fingerprint density at radius 1 is 1.14 bits per heavy atom. The van der Waals surface area contributed by atoms with Crippen LogP contribution >= 0.6 is 0 Å². The number of nitrogens with one attached hydrogen (secondary N) is 3. The van der Waals surface area contributed by atoms with Crippen LogP contribution in [-0.4, -0.2) is 38.5 Å². The Morgan fingerprint density at radius 2 is 1.79 bits per heavy atom. The molecule has 0 saturated heterocycles. The van der Waals surface area contributed by atoms with Crippen molar-refractivity contribution in [2.45, 2.75) is 6.92 Å². The van der Waals surface area contributed by atoms with Crippen molar-refractivity contribution >= 4 is 11.8 Å². The van der Waals surface area contributed by atoms with Crippen LogP contribution in [0.25, 0.3) is 0 Å². The highest BCUT2D eigenvalue weighted by molar-refractivity contribution is 5.85. The Balaban J connectivity index is 3.48. The summed E-state index contributed by atoms with van der Waals surface area (Å²) in [5.74, 6) is -0.374. The highest BCUT2D eigenvalue weighted by Gasteiger charge is 2.02. The molecule has 0 spiro atoms. The summed E-state index contributed by atoms with van der Waals surface area (Å²) >= 11 is 0. The predicted octanol–water partition coefficient (Wildman–Crippen LogP) is -0.986. The zero-order valence-corrected chi connectivity index (χ0v) is 8.59. The second-order valence-corrected chi connectivity index (χ2v) is 2.68. The molecule has 0 heterocycles. The van der Waals surface area contributed by atoms with Crippen LogP contribution in [0.2, 0.25) is 0 Å². The standard InChI is InChI=1S/C9H17N3O2/c1-3-4-5-11-9(14)7-12-8(13)6-10-2/h3-4,10H,5-7H2,1-2H3,(H,11,14)(H,12,13)/b4-3-. The Morgan fingerprint density at radius 3 is 2.36 bits per heavy atom. The Kier molecular flexibility index (Phi) is 7.45. The van der Waals surface area contributed by atoms with E-state index in [1.165, 1.54) is 0 Å². The number of rotatable bonds is 6. The molecule has 80 valence electrons. The zero-order valence-electron chi connectivity index (χ0n) is 8.59. The molecule has 0 aliphatic carbocycles. The number of hydrogen-bond acceptors (Lipinski definition) is 3. The summed E-state index contributed by atoms with van der Waals surface area (Å²) in [5.41, 5.74) is 0. The van der Waals surface area contributed by atoms with Gasteiger partial charge in [-0.05, 0) is 14.0 Å². The van der Waals surface area contributed by atoms with Crippen molar-refractivity contribution in [1.29, 1.82) is 0 Å². The highest BCUT2D eigenvalue weighted by atomic mass is 16.2. The van der Waals surface area contributed by atoms with Crippen LogP contribution in [0, 0.1) is 0 Å². The van der Waals surface area contributed by atoms with Crippen molar-refractivity contribution in [2.24, 2.45) is 0 Å². The van der Waals surface area contributed by atoms with Crippen molar-refractivity contribution in [3.05, 3.63) is 12.2 Å². The van der Waals surface area contributed by atoms with Gasteiger partial charge in [0, 0.05) is 6.54 Å². The molecule has 0 saturated carbocycles. The first kappa shape index (κ1) is 12.6. The lowest BCUT2D eigenvalue weighted by atomic mass is 10.4. The number of amides is 2. The summed E-state index contributed by atoms with van der Waals surface area (Å²) in [6.45, 7) is 2.62. The van der Waals surface area contributed by atoms with Crippen LogP contribution in [0.1, 0.15) is 6.92 Å². The average molecular weight is 199 g/mol. The van der Waals surface area contributed by atoms with Gasteiger partial charge >= 0.3 is 0 Å². The summed E-state index contributed by atoms with van der Waals surface area (Å²) in [6, 6.07) is 0. The van der Waals surface area contributed by atoms with E-state index in [4.69, 9.17) is 0 Å². The Hall–Kier alpha value is -1.36. The number of hydrogen-bond donors (Lipinski definition) is 3. The van der Waals surface area contributed by atoms with E-state index in [1.54, 1.807) is 7.05 Å². The third kappa shape index (κ3) is 7.30. The van der Waals surface area contributed by atoms with Gasteiger partial charge in [-0.1, -0.05) is 12.2 Å². The summed E-state index contributed by atoms with van der Waals surface area (Å²) in [5, 5.41) is 7.78. The molecule has 0 atom stereocenters. The zero-order chi connectivity index (χ0) is 10.8. The molecule has 5 nitrogen and oxygen atoms in total. The molecule has 0 rings (SSSR count). The Labute approximate surface area is 83.9 Å². The fourth-order valence-corrected chi connectivity index (χ4v) is 0.755. The minimum Gasteiger partial charge on any atom is -0.351 e. The van der Waals surface area contributed by atoms with Gasteiger partial charge in [-0.25, -0.2) is 0 Å². The minimum atomic E-state index is -0.187. The van der Waals surface area contributed by atoms with Gasteiger partial charge < -0.3 is 16.0 Å². The summed E-state index contributed by atoms with van der Waals surface area (Å²) in [6.07, 6.45) is 3.67. The quantitative estimate of drug-likeness (QED) is 0.481. The lowest BCUT2D eigenvalue weighted by molar-refractivity contribution is -0.125. The SMILES string of the molecule is C/C=C\CNC(=O)CNC(=O)CNC. The van der Waals surface area contributed by atoms with Gasteiger partial charge in [0.15, 0.2) is 0 Å². The van der Waals surface area contributed by atoms with Crippen LogP contribution in [0.3, 0.4) is 0 Å². The largest absolute Gasteiger partial charge is 0.351 e. The van der Waals surface area contributed by atoms with E-state index in [0.29, 0.717) is 6.54 Å². The second-order valence-electron chi connectivity index (χ2n) is 2.68. The maximum absolute atomic E-state index is 11.0. The third-order valence-corrected chi connectivity index (χ3v) is 1.44. The van der Waals surface area contributed by atoms with Crippen LogP contribution in [0.5, 0.6) is 0 Å². The number of carbonyl (C=O) groups is 2. The molecule has 0 unspecified atom stereocenters. The minimum absolute atomic E-state index is 0.0259. The highest BCUT2D eigenvalue weighted by Crippen LogP contribution is 1.69. The van der Waals surface area contributed by atoms with E-state index < -0.39 is 0 Å². The average Bonchev–Trinajstić information content (AvgIpc) is 2.16. The molecule has 0 radical (unpaired) electrons. The van der Waals surface area contributed by atoms with Gasteiger partial charge in [0.05, 0.1) is 13.1 Å². The van der Waals surface area contributed by atoms with Crippen LogP contribution < -0.4 is 16.0 Å². The fourth-order valence-electron chi connectivity index (χ4n) is 0.755. The molecule has 0 aromatic rings. The van der Waals surface area contributed by atoms with Crippen molar-refractivity contribution in [3.8, 4) is 0 Å². The molecule has 0 bridgehead atoms. The maximum atomic E-state index is 11.0. The molecule has 0 aliphatic rings. The number of allylic oxidation sites excluding steroid dienone is 1. The lowest BCUT2D eigenvalue weighted by Gasteiger charge is -2.04. The monoisotopic (exact) mass is 199 g/mol. The predicted molar refractivity (Wildman–Crippen MR) is 54.8 cm³/mol. The van der Waals surface area contributed by atoms with E-state index in [-0.39, 0.29) is 24.9 Å². The van der Waals surface area contributed by atoms with E-state index >= 15 is 0 Å². The molecule has 0 aliphatic heterocycles. The second kappa shape index (κ2) is 8.25. The molecule has 14 heavy (non-hydrogen) atoms. The molecule has 5 heteroatoms. The van der Waals surface area contributed by atoms with E-state index in [9.17, 15) is 9.59 Å². The molecule has 0 aromatic carbocycles. The number of likely N-dealkylation sites (N-methyl/N-ethyl adjacent to an activating group) is 1. The van der Waals surface area contributed by atoms with Crippen LogP contribution in [0.15, 0.2) is 12.2 Å². The fraction of sp³-hybridized carbons (Fsp3) is 0.556. The summed E-state index contributed by atoms with van der Waals surface area (Å²) < 4.78 is 0. The molecular formula is C9H17N3O2. The number of carbonyl (C=O) groups excluding carboxylic acids is 2. The lowest BCUT2D eigenvalue weighted by Crippen LogP contribution is -2.40.